The fourth-order valence-electron chi connectivity index (χ4n) is 1.90. The van der Waals surface area contributed by atoms with Crippen LogP contribution in [0, 0.1) is 0 Å². The third-order valence-electron chi connectivity index (χ3n) is 2.74. The van der Waals surface area contributed by atoms with Gasteiger partial charge in [0.2, 0.25) is 0 Å². The summed E-state index contributed by atoms with van der Waals surface area (Å²) in [5, 5.41) is 0.280. The minimum Gasteiger partial charge on any atom is -0.405 e. The Labute approximate surface area is 123 Å². The topological polar surface area (TPSA) is 60.2 Å². The lowest BCUT2D eigenvalue weighted by molar-refractivity contribution is -0.275. The molecule has 0 radical (unpaired) electrons. The van der Waals surface area contributed by atoms with E-state index in [2.05, 4.69) is 15.1 Å². The Balaban J connectivity index is 2.46. The molecule has 1 aromatic heterocycles. The zero-order valence-electron chi connectivity index (χ0n) is 10.6. The Morgan fingerprint density at radius 3 is 2.52 bits per heavy atom. The van der Waals surface area contributed by atoms with E-state index < -0.39 is 12.4 Å². The molecule has 1 atom stereocenters. The van der Waals surface area contributed by atoms with Gasteiger partial charge in [0.05, 0.1) is 11.1 Å². The standard InChI is InChI=1S/C13H11ClF3N3O/c14-10-7-19-6-5-8(10)12(20-18)9-3-1-2-4-11(9)21-13(15,16)17/h1-7,12,20H,18H2. The summed E-state index contributed by atoms with van der Waals surface area (Å²) in [7, 11) is 0. The van der Waals surface area contributed by atoms with Gasteiger partial charge in [-0.2, -0.15) is 0 Å². The van der Waals surface area contributed by atoms with Crippen LogP contribution in [0.5, 0.6) is 5.75 Å². The number of nitrogens with zero attached hydrogens (tertiary/aromatic N) is 1. The van der Waals surface area contributed by atoms with Gasteiger partial charge in [-0.1, -0.05) is 29.8 Å². The second-order valence-electron chi connectivity index (χ2n) is 4.08. The molecule has 0 spiro atoms. The first-order valence-electron chi connectivity index (χ1n) is 5.82. The van der Waals surface area contributed by atoms with Crippen LogP contribution >= 0.6 is 11.6 Å². The van der Waals surface area contributed by atoms with E-state index in [1.54, 1.807) is 12.1 Å². The SMILES string of the molecule is NNC(c1ccncc1Cl)c1ccccc1OC(F)(F)F. The van der Waals surface area contributed by atoms with Gasteiger partial charge in [0.1, 0.15) is 5.75 Å². The molecule has 0 amide bonds. The highest BCUT2D eigenvalue weighted by Crippen LogP contribution is 2.35. The summed E-state index contributed by atoms with van der Waals surface area (Å²) >= 11 is 6.01. The maximum Gasteiger partial charge on any atom is 0.573 e. The molecule has 0 aliphatic carbocycles. The molecule has 1 heterocycles. The summed E-state index contributed by atoms with van der Waals surface area (Å²) < 4.78 is 41.4. The summed E-state index contributed by atoms with van der Waals surface area (Å²) in [4.78, 5) is 3.83. The predicted molar refractivity (Wildman–Crippen MR) is 71.5 cm³/mol. The predicted octanol–water partition coefficient (Wildman–Crippen LogP) is 3.19. The normalized spacial score (nSPS) is 13.0. The number of pyridine rings is 1. The zero-order valence-corrected chi connectivity index (χ0v) is 11.3. The van der Waals surface area contributed by atoms with E-state index in [9.17, 15) is 13.2 Å². The van der Waals surface area contributed by atoms with Gasteiger partial charge >= 0.3 is 6.36 Å². The van der Waals surface area contributed by atoms with Gasteiger partial charge in [-0.15, -0.1) is 13.2 Å². The van der Waals surface area contributed by atoms with Crippen LogP contribution in [0.1, 0.15) is 17.2 Å². The van der Waals surface area contributed by atoms with Gasteiger partial charge in [0.25, 0.3) is 0 Å². The Kier molecular flexibility index (Phi) is 4.66. The van der Waals surface area contributed by atoms with Crippen LogP contribution in [0.15, 0.2) is 42.7 Å². The van der Waals surface area contributed by atoms with Crippen LogP contribution in [0.4, 0.5) is 13.2 Å². The number of alkyl halides is 3. The number of ether oxygens (including phenoxy) is 1. The molecule has 0 fully saturated rings. The van der Waals surface area contributed by atoms with Crippen molar-refractivity contribution in [3.05, 3.63) is 58.9 Å². The number of hydrazine groups is 1. The summed E-state index contributed by atoms with van der Waals surface area (Å²) in [5.74, 6) is 5.13. The van der Waals surface area contributed by atoms with Gasteiger partial charge in [0, 0.05) is 18.0 Å². The van der Waals surface area contributed by atoms with Gasteiger partial charge in [-0.3, -0.25) is 10.8 Å². The van der Waals surface area contributed by atoms with E-state index in [0.29, 0.717) is 5.56 Å². The Morgan fingerprint density at radius 1 is 1.19 bits per heavy atom. The van der Waals surface area contributed by atoms with Crippen molar-refractivity contribution >= 4 is 11.6 Å². The van der Waals surface area contributed by atoms with Crippen molar-refractivity contribution < 1.29 is 17.9 Å². The molecule has 112 valence electrons. The van der Waals surface area contributed by atoms with E-state index in [1.807, 2.05) is 0 Å². The monoisotopic (exact) mass is 317 g/mol. The molecule has 0 bridgehead atoms. The molecule has 3 N–H and O–H groups in total. The van der Waals surface area contributed by atoms with Gasteiger partial charge < -0.3 is 4.74 Å². The molecule has 1 unspecified atom stereocenters. The zero-order chi connectivity index (χ0) is 15.5. The number of nitrogens with two attached hydrogens (primary N) is 1. The van der Waals surface area contributed by atoms with Crippen LogP contribution in [0.2, 0.25) is 5.02 Å². The number of benzene rings is 1. The molecular weight excluding hydrogens is 307 g/mol. The highest BCUT2D eigenvalue weighted by Gasteiger charge is 2.33. The molecule has 0 aliphatic heterocycles. The number of hydrogen-bond acceptors (Lipinski definition) is 4. The van der Waals surface area contributed by atoms with Crippen molar-refractivity contribution in [3.8, 4) is 5.75 Å². The highest BCUT2D eigenvalue weighted by molar-refractivity contribution is 6.31. The summed E-state index contributed by atoms with van der Waals surface area (Å²) in [5.41, 5.74) is 3.15. The molecule has 0 saturated heterocycles. The highest BCUT2D eigenvalue weighted by atomic mass is 35.5. The van der Waals surface area contributed by atoms with Crippen molar-refractivity contribution in [1.82, 2.24) is 10.4 Å². The number of hydrogen-bond donors (Lipinski definition) is 2. The maximum absolute atomic E-state index is 12.5. The average Bonchev–Trinajstić information content (AvgIpc) is 2.42. The summed E-state index contributed by atoms with van der Waals surface area (Å²) in [6.45, 7) is 0. The van der Waals surface area contributed by atoms with Gasteiger partial charge in [-0.05, 0) is 17.7 Å². The van der Waals surface area contributed by atoms with E-state index in [1.165, 1.54) is 30.6 Å². The largest absolute Gasteiger partial charge is 0.573 e. The minimum atomic E-state index is -4.79. The van der Waals surface area contributed by atoms with Crippen molar-refractivity contribution in [1.29, 1.82) is 0 Å². The molecular formula is C13H11ClF3N3O. The van der Waals surface area contributed by atoms with Gasteiger partial charge in [-0.25, -0.2) is 5.43 Å². The first-order chi connectivity index (χ1) is 9.92. The maximum atomic E-state index is 12.5. The first kappa shape index (κ1) is 15.6. The fourth-order valence-corrected chi connectivity index (χ4v) is 2.13. The van der Waals surface area contributed by atoms with Gasteiger partial charge in [0.15, 0.2) is 0 Å². The molecule has 0 aliphatic rings. The lowest BCUT2D eigenvalue weighted by atomic mass is 9.99. The smallest absolute Gasteiger partial charge is 0.405 e. The minimum absolute atomic E-state index is 0.213. The molecule has 4 nitrogen and oxygen atoms in total. The Morgan fingerprint density at radius 2 is 1.90 bits per heavy atom. The van der Waals surface area contributed by atoms with Crippen molar-refractivity contribution in [2.45, 2.75) is 12.4 Å². The van der Waals surface area contributed by atoms with E-state index in [4.69, 9.17) is 17.4 Å². The Hall–Kier alpha value is -1.83. The van der Waals surface area contributed by atoms with E-state index in [0.717, 1.165) is 0 Å². The number of halogens is 4. The molecule has 2 rings (SSSR count). The van der Waals surface area contributed by atoms with E-state index >= 15 is 0 Å². The van der Waals surface area contributed by atoms with Crippen LogP contribution < -0.4 is 16.0 Å². The number of rotatable bonds is 4. The van der Waals surface area contributed by atoms with Crippen molar-refractivity contribution in [2.75, 3.05) is 0 Å². The fraction of sp³-hybridized carbons (Fsp3) is 0.154. The van der Waals surface area contributed by atoms with Crippen molar-refractivity contribution in [2.24, 2.45) is 5.84 Å². The first-order valence-corrected chi connectivity index (χ1v) is 6.20. The lowest BCUT2D eigenvalue weighted by Crippen LogP contribution is -2.30. The van der Waals surface area contributed by atoms with Crippen LogP contribution in [-0.2, 0) is 0 Å². The second kappa shape index (κ2) is 6.30. The van der Waals surface area contributed by atoms with Crippen LogP contribution in [-0.4, -0.2) is 11.3 Å². The van der Waals surface area contributed by atoms with Crippen molar-refractivity contribution in [3.63, 3.8) is 0 Å². The second-order valence-corrected chi connectivity index (χ2v) is 4.49. The molecule has 1 aromatic carbocycles. The molecule has 2 aromatic rings. The lowest BCUT2D eigenvalue weighted by Gasteiger charge is -2.21. The van der Waals surface area contributed by atoms with Crippen LogP contribution in [0.25, 0.3) is 0 Å². The van der Waals surface area contributed by atoms with E-state index in [-0.39, 0.29) is 16.3 Å². The summed E-state index contributed by atoms with van der Waals surface area (Å²) in [6, 6.07) is 6.51. The number of aromatic nitrogens is 1. The molecule has 0 saturated carbocycles. The number of nitrogens with one attached hydrogen (secondary N) is 1. The molecule has 8 heteroatoms. The third kappa shape index (κ3) is 3.84. The quantitative estimate of drug-likeness (QED) is 0.671. The summed E-state index contributed by atoms with van der Waals surface area (Å²) in [6.07, 6.45) is -1.94. The Bertz CT molecular complexity index is 622. The van der Waals surface area contributed by atoms with Crippen LogP contribution in [0.3, 0.4) is 0 Å². The third-order valence-corrected chi connectivity index (χ3v) is 3.05. The molecule has 21 heavy (non-hydrogen) atoms. The average molecular weight is 318 g/mol. The number of para-hydroxylation sites is 1.